The highest BCUT2D eigenvalue weighted by atomic mass is 16.5. The minimum atomic E-state index is 0.0180. The lowest BCUT2D eigenvalue weighted by molar-refractivity contribution is -0.122. The minimum absolute atomic E-state index is 0.0180. The zero-order valence-electron chi connectivity index (χ0n) is 11.7. The molecule has 1 atom stereocenters. The van der Waals surface area contributed by atoms with E-state index in [9.17, 15) is 4.79 Å². The van der Waals surface area contributed by atoms with Gasteiger partial charge in [0.15, 0.2) is 0 Å². The van der Waals surface area contributed by atoms with Crippen molar-refractivity contribution in [3.05, 3.63) is 42.0 Å². The first-order valence-electron chi connectivity index (χ1n) is 7.40. The lowest BCUT2D eigenvalue weighted by Gasteiger charge is -2.51. The molecule has 1 amide bonds. The molecule has 0 bridgehead atoms. The first kappa shape index (κ1) is 13.4. The van der Waals surface area contributed by atoms with E-state index < -0.39 is 0 Å². The molecular formula is C17H21NO2. The molecule has 20 heavy (non-hydrogen) atoms. The molecule has 1 aliphatic heterocycles. The highest BCUT2D eigenvalue weighted by Crippen LogP contribution is 2.48. The quantitative estimate of drug-likeness (QED) is 0.858. The Hall–Kier alpha value is -1.61. The van der Waals surface area contributed by atoms with Gasteiger partial charge in [0, 0.05) is 25.3 Å². The summed E-state index contributed by atoms with van der Waals surface area (Å²) in [7, 11) is 0. The van der Waals surface area contributed by atoms with Crippen molar-refractivity contribution in [2.24, 2.45) is 5.41 Å². The van der Waals surface area contributed by atoms with Crippen molar-refractivity contribution in [2.45, 2.75) is 31.7 Å². The van der Waals surface area contributed by atoms with E-state index in [2.05, 4.69) is 5.32 Å². The molecule has 3 rings (SSSR count). The number of benzene rings is 1. The molecule has 3 nitrogen and oxygen atoms in total. The van der Waals surface area contributed by atoms with Crippen LogP contribution in [0.5, 0.6) is 0 Å². The molecule has 0 radical (unpaired) electrons. The second kappa shape index (κ2) is 5.80. The number of hydrogen-bond donors (Lipinski definition) is 1. The van der Waals surface area contributed by atoms with Crippen LogP contribution in [0.4, 0.5) is 0 Å². The van der Waals surface area contributed by atoms with Crippen LogP contribution >= 0.6 is 0 Å². The second-order valence-electron chi connectivity index (χ2n) is 5.82. The van der Waals surface area contributed by atoms with Gasteiger partial charge in [-0.3, -0.25) is 4.79 Å². The summed E-state index contributed by atoms with van der Waals surface area (Å²) in [4.78, 5) is 12.0. The summed E-state index contributed by atoms with van der Waals surface area (Å²) >= 11 is 0. The van der Waals surface area contributed by atoms with Gasteiger partial charge in [0.1, 0.15) is 0 Å². The average Bonchev–Trinajstić information content (AvgIpc) is 2.51. The summed E-state index contributed by atoms with van der Waals surface area (Å²) in [5.74, 6) is 0.0180. The number of hydrogen-bond acceptors (Lipinski definition) is 2. The van der Waals surface area contributed by atoms with Gasteiger partial charge in [0.2, 0.25) is 5.91 Å². The molecule has 1 saturated carbocycles. The number of amides is 1. The van der Waals surface area contributed by atoms with Gasteiger partial charge < -0.3 is 10.1 Å². The minimum Gasteiger partial charge on any atom is -0.381 e. The topological polar surface area (TPSA) is 38.3 Å². The van der Waals surface area contributed by atoms with Crippen LogP contribution in [0.3, 0.4) is 0 Å². The molecule has 1 aromatic rings. The van der Waals surface area contributed by atoms with Gasteiger partial charge in [-0.05, 0) is 42.7 Å². The Kier molecular flexibility index (Phi) is 3.88. The monoisotopic (exact) mass is 271 g/mol. The molecule has 2 aliphatic rings. The molecule has 106 valence electrons. The number of carbonyl (C=O) groups is 1. The third-order valence-electron chi connectivity index (χ3n) is 4.70. The normalized spacial score (nSPS) is 24.5. The van der Waals surface area contributed by atoms with E-state index >= 15 is 0 Å². The summed E-state index contributed by atoms with van der Waals surface area (Å²) in [6.45, 7) is 1.68. The van der Waals surface area contributed by atoms with E-state index in [1.54, 1.807) is 6.08 Å². The predicted octanol–water partition coefficient (Wildman–Crippen LogP) is 2.78. The summed E-state index contributed by atoms with van der Waals surface area (Å²) in [5.41, 5.74) is 1.37. The maximum absolute atomic E-state index is 12.0. The van der Waals surface area contributed by atoms with E-state index in [-0.39, 0.29) is 5.91 Å². The third-order valence-corrected chi connectivity index (χ3v) is 4.70. The Morgan fingerprint density at radius 2 is 1.95 bits per heavy atom. The van der Waals surface area contributed by atoms with E-state index in [0.717, 1.165) is 38.0 Å². The van der Waals surface area contributed by atoms with Crippen LogP contribution in [-0.4, -0.2) is 25.2 Å². The van der Waals surface area contributed by atoms with Crippen LogP contribution < -0.4 is 5.32 Å². The number of nitrogens with one attached hydrogen (secondary N) is 1. The van der Waals surface area contributed by atoms with Gasteiger partial charge in [-0.2, -0.15) is 0 Å². The molecule has 2 fully saturated rings. The lowest BCUT2D eigenvalue weighted by Crippen LogP contribution is -2.56. The summed E-state index contributed by atoms with van der Waals surface area (Å²) in [5, 5.41) is 3.17. The predicted molar refractivity (Wildman–Crippen MR) is 79.1 cm³/mol. The first-order valence-corrected chi connectivity index (χ1v) is 7.40. The Labute approximate surface area is 120 Å². The number of rotatable bonds is 3. The fraction of sp³-hybridized carbons (Fsp3) is 0.471. The van der Waals surface area contributed by atoms with Gasteiger partial charge >= 0.3 is 0 Å². The van der Waals surface area contributed by atoms with Crippen molar-refractivity contribution >= 4 is 12.0 Å². The molecule has 1 aromatic carbocycles. The van der Waals surface area contributed by atoms with Crippen LogP contribution in [0.15, 0.2) is 36.4 Å². The molecule has 1 saturated heterocycles. The Balaban J connectivity index is 1.55. The van der Waals surface area contributed by atoms with Gasteiger partial charge in [0.25, 0.3) is 0 Å². The maximum atomic E-state index is 12.0. The highest BCUT2D eigenvalue weighted by Gasteiger charge is 2.47. The van der Waals surface area contributed by atoms with Crippen LogP contribution in [0.25, 0.3) is 6.08 Å². The summed E-state index contributed by atoms with van der Waals surface area (Å²) in [6, 6.07) is 10.2. The fourth-order valence-corrected chi connectivity index (χ4v) is 3.25. The van der Waals surface area contributed by atoms with Crippen molar-refractivity contribution in [3.8, 4) is 0 Å². The van der Waals surface area contributed by atoms with Gasteiger partial charge in [-0.1, -0.05) is 30.3 Å². The van der Waals surface area contributed by atoms with Gasteiger partial charge in [-0.25, -0.2) is 0 Å². The molecule has 3 heteroatoms. The largest absolute Gasteiger partial charge is 0.381 e. The van der Waals surface area contributed by atoms with Crippen LogP contribution in [0.1, 0.15) is 31.2 Å². The highest BCUT2D eigenvalue weighted by molar-refractivity contribution is 5.92. The second-order valence-corrected chi connectivity index (χ2v) is 5.82. The first-order chi connectivity index (χ1) is 9.78. The van der Waals surface area contributed by atoms with Gasteiger partial charge in [0.05, 0.1) is 0 Å². The average molecular weight is 271 g/mol. The zero-order valence-corrected chi connectivity index (χ0v) is 11.7. The van der Waals surface area contributed by atoms with Crippen LogP contribution in [0.2, 0.25) is 0 Å². The summed E-state index contributed by atoms with van der Waals surface area (Å²) < 4.78 is 5.43. The smallest absolute Gasteiger partial charge is 0.244 e. The number of carbonyl (C=O) groups excluding carboxylic acids is 1. The van der Waals surface area contributed by atoms with Crippen molar-refractivity contribution in [2.75, 3.05) is 13.2 Å². The molecular weight excluding hydrogens is 250 g/mol. The Bertz CT molecular complexity index is 489. The van der Waals surface area contributed by atoms with E-state index in [1.807, 2.05) is 36.4 Å². The molecule has 1 aliphatic carbocycles. The fourth-order valence-electron chi connectivity index (χ4n) is 3.25. The third kappa shape index (κ3) is 2.78. The van der Waals surface area contributed by atoms with E-state index in [0.29, 0.717) is 11.5 Å². The van der Waals surface area contributed by atoms with E-state index in [4.69, 9.17) is 4.74 Å². The summed E-state index contributed by atoms with van der Waals surface area (Å²) in [6.07, 6.45) is 8.00. The molecule has 1 unspecified atom stereocenters. The molecule has 1 heterocycles. The molecule has 1 N–H and O–H groups in total. The van der Waals surface area contributed by atoms with Crippen molar-refractivity contribution in [3.63, 3.8) is 0 Å². The van der Waals surface area contributed by atoms with Gasteiger partial charge in [-0.15, -0.1) is 0 Å². The number of ether oxygens (including phenoxy) is 1. The van der Waals surface area contributed by atoms with Crippen molar-refractivity contribution in [1.82, 2.24) is 5.32 Å². The lowest BCUT2D eigenvalue weighted by atomic mass is 9.60. The SMILES string of the molecule is O=C(/C=C/c1ccccc1)NC1CCC12CCOCC2. The standard InChI is InChI=1S/C17H21NO2/c19-16(7-6-14-4-2-1-3-5-14)18-15-8-9-17(15)10-12-20-13-11-17/h1-7,15H,8-13H2,(H,18,19)/b7-6+. The maximum Gasteiger partial charge on any atom is 0.244 e. The van der Waals surface area contributed by atoms with Crippen molar-refractivity contribution < 1.29 is 9.53 Å². The van der Waals surface area contributed by atoms with E-state index in [1.165, 1.54) is 6.42 Å². The zero-order chi connectivity index (χ0) is 13.8. The molecule has 0 aromatic heterocycles. The van der Waals surface area contributed by atoms with Crippen LogP contribution in [-0.2, 0) is 9.53 Å². The Morgan fingerprint density at radius 3 is 2.60 bits per heavy atom. The molecule has 1 spiro atoms. The van der Waals surface area contributed by atoms with Crippen molar-refractivity contribution in [1.29, 1.82) is 0 Å². The Morgan fingerprint density at radius 1 is 1.20 bits per heavy atom. The van der Waals surface area contributed by atoms with Crippen LogP contribution in [0, 0.1) is 5.41 Å².